The minimum Gasteiger partial charge on any atom is -0.481 e. The summed E-state index contributed by atoms with van der Waals surface area (Å²) in [6.07, 6.45) is 3.26. The van der Waals surface area contributed by atoms with E-state index in [0.29, 0.717) is 0 Å². The Balaban J connectivity index is 0.000000160. The van der Waals surface area contributed by atoms with Crippen molar-refractivity contribution < 1.29 is 19.8 Å². The predicted molar refractivity (Wildman–Crippen MR) is 56.7 cm³/mol. The van der Waals surface area contributed by atoms with E-state index < -0.39 is 11.9 Å². The van der Waals surface area contributed by atoms with E-state index in [1.54, 1.807) is 0 Å². The van der Waals surface area contributed by atoms with E-state index in [1.807, 2.05) is 0 Å². The normalized spacial score (nSPS) is 36.1. The Labute approximate surface area is 93.6 Å². The van der Waals surface area contributed by atoms with Crippen LogP contribution in [0.15, 0.2) is 0 Å². The van der Waals surface area contributed by atoms with Crippen LogP contribution in [0.5, 0.6) is 0 Å². The summed E-state index contributed by atoms with van der Waals surface area (Å²) in [5.74, 6) is -2.00. The van der Waals surface area contributed by atoms with Crippen LogP contribution >= 0.6 is 0 Å². The van der Waals surface area contributed by atoms with Crippen LogP contribution in [0.2, 0.25) is 0 Å². The fourth-order valence-electron chi connectivity index (χ4n) is 1.66. The molecule has 0 saturated heterocycles. The van der Waals surface area contributed by atoms with Crippen molar-refractivity contribution in [1.29, 1.82) is 0 Å². The molecule has 6 nitrogen and oxygen atoms in total. The van der Waals surface area contributed by atoms with Gasteiger partial charge in [0.05, 0.1) is 11.8 Å². The smallest absolute Gasteiger partial charge is 0.308 e. The molecule has 6 heteroatoms. The van der Waals surface area contributed by atoms with Crippen molar-refractivity contribution >= 4 is 11.9 Å². The highest BCUT2D eigenvalue weighted by molar-refractivity contribution is 5.72. The van der Waals surface area contributed by atoms with Crippen molar-refractivity contribution in [3.63, 3.8) is 0 Å². The zero-order valence-electron chi connectivity index (χ0n) is 9.00. The van der Waals surface area contributed by atoms with Crippen LogP contribution in [0.25, 0.3) is 0 Å². The van der Waals surface area contributed by atoms with Crippen LogP contribution in [0.1, 0.15) is 25.7 Å². The summed E-state index contributed by atoms with van der Waals surface area (Å²) in [5, 5.41) is 16.6. The summed E-state index contributed by atoms with van der Waals surface area (Å²) < 4.78 is 0. The molecule has 0 aromatic carbocycles. The van der Waals surface area contributed by atoms with Crippen molar-refractivity contribution in [3.8, 4) is 0 Å². The van der Waals surface area contributed by atoms with E-state index in [2.05, 4.69) is 0 Å². The fourth-order valence-corrected chi connectivity index (χ4v) is 1.66. The Bertz CT molecular complexity index is 254. The standard InChI is InChI=1S/2C5H9NO2/c2*6-4-2-1-3(4)5(7)8/h2*3-4H,1-2,6H2,(H,7,8)/t2*3-,4+/m10/s1. The van der Waals surface area contributed by atoms with Crippen molar-refractivity contribution in [2.75, 3.05) is 0 Å². The van der Waals surface area contributed by atoms with Crippen LogP contribution in [-0.2, 0) is 9.59 Å². The average molecular weight is 230 g/mol. The quantitative estimate of drug-likeness (QED) is 0.512. The fraction of sp³-hybridized carbons (Fsp3) is 0.800. The number of hydrogen-bond acceptors (Lipinski definition) is 4. The van der Waals surface area contributed by atoms with E-state index in [9.17, 15) is 9.59 Å². The zero-order valence-corrected chi connectivity index (χ0v) is 9.00. The van der Waals surface area contributed by atoms with Gasteiger partial charge < -0.3 is 21.7 Å². The first kappa shape index (κ1) is 12.9. The number of aliphatic carboxylic acids is 2. The molecule has 4 atom stereocenters. The molecule has 0 aromatic rings. The van der Waals surface area contributed by atoms with Gasteiger partial charge in [-0.1, -0.05) is 0 Å². The monoisotopic (exact) mass is 230 g/mol. The van der Waals surface area contributed by atoms with Gasteiger partial charge in [0.25, 0.3) is 0 Å². The molecule has 0 aliphatic heterocycles. The van der Waals surface area contributed by atoms with E-state index in [-0.39, 0.29) is 23.9 Å². The highest BCUT2D eigenvalue weighted by atomic mass is 16.4. The highest BCUT2D eigenvalue weighted by Gasteiger charge is 2.33. The second-order valence-electron chi connectivity index (χ2n) is 4.37. The lowest BCUT2D eigenvalue weighted by Crippen LogP contribution is -2.43. The zero-order chi connectivity index (χ0) is 12.3. The first-order valence-electron chi connectivity index (χ1n) is 5.40. The van der Waals surface area contributed by atoms with E-state index in [0.717, 1.165) is 25.7 Å². The molecular formula is C10H18N2O4. The predicted octanol–water partition coefficient (Wildman–Crippen LogP) is -0.383. The van der Waals surface area contributed by atoms with E-state index in [1.165, 1.54) is 0 Å². The molecule has 2 rings (SSSR count). The largest absolute Gasteiger partial charge is 0.481 e. The summed E-state index contributed by atoms with van der Waals surface area (Å²) in [4.78, 5) is 20.2. The molecule has 16 heavy (non-hydrogen) atoms. The molecule has 2 fully saturated rings. The molecule has 0 spiro atoms. The van der Waals surface area contributed by atoms with Gasteiger partial charge in [0.2, 0.25) is 0 Å². The third kappa shape index (κ3) is 2.93. The molecule has 0 heterocycles. The Morgan fingerprint density at radius 1 is 0.812 bits per heavy atom. The number of hydrogen-bond donors (Lipinski definition) is 4. The number of nitrogens with two attached hydrogens (primary N) is 2. The Hall–Kier alpha value is -1.14. The highest BCUT2D eigenvalue weighted by Crippen LogP contribution is 2.25. The summed E-state index contributed by atoms with van der Waals surface area (Å²) in [6.45, 7) is 0. The Morgan fingerprint density at radius 2 is 1.12 bits per heavy atom. The third-order valence-electron chi connectivity index (χ3n) is 3.29. The van der Waals surface area contributed by atoms with Gasteiger partial charge in [-0.05, 0) is 25.7 Å². The van der Waals surface area contributed by atoms with E-state index in [4.69, 9.17) is 21.7 Å². The SMILES string of the molecule is N[C@@H]1CC[C@@H]1C(=O)O.N[C@H]1CC[C@H]1C(=O)O. The second-order valence-corrected chi connectivity index (χ2v) is 4.37. The summed E-state index contributed by atoms with van der Waals surface area (Å²) in [7, 11) is 0. The van der Waals surface area contributed by atoms with Crippen LogP contribution in [0.4, 0.5) is 0 Å². The van der Waals surface area contributed by atoms with Gasteiger partial charge in [0.1, 0.15) is 0 Å². The number of carboxylic acids is 2. The van der Waals surface area contributed by atoms with Gasteiger partial charge in [0, 0.05) is 12.1 Å². The molecule has 92 valence electrons. The van der Waals surface area contributed by atoms with Crippen molar-refractivity contribution in [3.05, 3.63) is 0 Å². The second kappa shape index (κ2) is 5.27. The minimum atomic E-state index is -0.747. The molecular weight excluding hydrogens is 212 g/mol. The van der Waals surface area contributed by atoms with Crippen molar-refractivity contribution in [1.82, 2.24) is 0 Å². The van der Waals surface area contributed by atoms with Gasteiger partial charge in [-0.2, -0.15) is 0 Å². The number of carboxylic acid groups (broad SMARTS) is 2. The average Bonchev–Trinajstić information content (AvgIpc) is 2.12. The van der Waals surface area contributed by atoms with Gasteiger partial charge in [-0.3, -0.25) is 9.59 Å². The first-order valence-corrected chi connectivity index (χ1v) is 5.40. The third-order valence-corrected chi connectivity index (χ3v) is 3.29. The van der Waals surface area contributed by atoms with Gasteiger partial charge in [-0.25, -0.2) is 0 Å². The summed E-state index contributed by atoms with van der Waals surface area (Å²) in [5.41, 5.74) is 10.7. The molecule has 0 amide bonds. The van der Waals surface area contributed by atoms with Crippen LogP contribution in [0.3, 0.4) is 0 Å². The lowest BCUT2D eigenvalue weighted by molar-refractivity contribution is -0.146. The minimum absolute atomic E-state index is 0.0764. The van der Waals surface area contributed by atoms with Gasteiger partial charge in [0.15, 0.2) is 0 Å². The lowest BCUT2D eigenvalue weighted by atomic mass is 9.80. The number of rotatable bonds is 2. The maximum absolute atomic E-state index is 10.1. The molecule has 2 aliphatic carbocycles. The van der Waals surface area contributed by atoms with Crippen LogP contribution in [-0.4, -0.2) is 34.2 Å². The molecule has 2 saturated carbocycles. The topological polar surface area (TPSA) is 127 Å². The molecule has 0 unspecified atom stereocenters. The van der Waals surface area contributed by atoms with Crippen molar-refractivity contribution in [2.24, 2.45) is 23.3 Å². The summed E-state index contributed by atoms with van der Waals surface area (Å²) >= 11 is 0. The van der Waals surface area contributed by atoms with Crippen molar-refractivity contribution in [2.45, 2.75) is 37.8 Å². The maximum Gasteiger partial charge on any atom is 0.308 e. The van der Waals surface area contributed by atoms with Gasteiger partial charge in [-0.15, -0.1) is 0 Å². The van der Waals surface area contributed by atoms with Gasteiger partial charge >= 0.3 is 11.9 Å². The maximum atomic E-state index is 10.1. The lowest BCUT2D eigenvalue weighted by Gasteiger charge is -2.29. The van der Waals surface area contributed by atoms with Crippen LogP contribution < -0.4 is 11.5 Å². The molecule has 2 aliphatic rings. The molecule has 0 aromatic heterocycles. The Kier molecular flexibility index (Phi) is 4.26. The van der Waals surface area contributed by atoms with Crippen LogP contribution in [0, 0.1) is 11.8 Å². The molecule has 6 N–H and O–H groups in total. The van der Waals surface area contributed by atoms with E-state index >= 15 is 0 Å². The molecule has 0 radical (unpaired) electrons. The summed E-state index contributed by atoms with van der Waals surface area (Å²) in [6, 6.07) is -0.153. The molecule has 0 bridgehead atoms. The Morgan fingerprint density at radius 3 is 1.12 bits per heavy atom. The number of carbonyl (C=O) groups is 2. The first-order chi connectivity index (χ1) is 7.43.